The third-order valence-corrected chi connectivity index (χ3v) is 5.41. The lowest BCUT2D eigenvalue weighted by molar-refractivity contribution is -0.605. The minimum absolute atomic E-state index is 0.0150. The maximum absolute atomic E-state index is 12.6. The number of piperidine rings is 1. The Balaban J connectivity index is 1.46. The van der Waals surface area contributed by atoms with Gasteiger partial charge in [-0.1, -0.05) is 29.8 Å². The van der Waals surface area contributed by atoms with Crippen molar-refractivity contribution >= 4 is 23.4 Å². The average molecular weight is 402 g/mol. The summed E-state index contributed by atoms with van der Waals surface area (Å²) in [5.41, 5.74) is 1.29. The Kier molecular flexibility index (Phi) is 6.87. The second-order valence-electron chi connectivity index (χ2n) is 7.12. The third-order valence-electron chi connectivity index (χ3n) is 5.04. The van der Waals surface area contributed by atoms with Crippen molar-refractivity contribution in [1.82, 2.24) is 10.2 Å². The first-order chi connectivity index (χ1) is 13.5. The smallest absolute Gasteiger partial charge is 0.259 e. The van der Waals surface area contributed by atoms with Gasteiger partial charge in [0.15, 0.2) is 12.4 Å². The van der Waals surface area contributed by atoms with E-state index in [9.17, 15) is 14.8 Å². The van der Waals surface area contributed by atoms with Gasteiger partial charge >= 0.3 is 0 Å². The predicted octanol–water partition coefficient (Wildman–Crippen LogP) is 2.92. The van der Waals surface area contributed by atoms with Crippen molar-refractivity contribution in [2.75, 3.05) is 13.1 Å². The van der Waals surface area contributed by atoms with Crippen LogP contribution in [0.2, 0.25) is 5.02 Å². The van der Waals surface area contributed by atoms with Gasteiger partial charge in [0, 0.05) is 37.1 Å². The maximum atomic E-state index is 12.6. The lowest BCUT2D eigenvalue weighted by Gasteiger charge is -2.32. The number of halogens is 1. The number of benzene rings is 1. The van der Waals surface area contributed by atoms with Gasteiger partial charge in [-0.3, -0.25) is 9.59 Å². The summed E-state index contributed by atoms with van der Waals surface area (Å²) in [6.07, 6.45) is 5.71. The molecule has 7 heteroatoms. The van der Waals surface area contributed by atoms with Crippen LogP contribution < -0.4 is 10.0 Å². The molecule has 1 saturated heterocycles. The van der Waals surface area contributed by atoms with Crippen molar-refractivity contribution in [2.45, 2.75) is 32.2 Å². The van der Waals surface area contributed by atoms with Crippen molar-refractivity contribution in [3.63, 3.8) is 0 Å². The van der Waals surface area contributed by atoms with Crippen LogP contribution in [0, 0.1) is 11.1 Å². The molecule has 6 nitrogen and oxygen atoms in total. The number of amides is 2. The van der Waals surface area contributed by atoms with Gasteiger partial charge in [0.1, 0.15) is 5.56 Å². The van der Waals surface area contributed by atoms with Gasteiger partial charge in [-0.25, -0.2) is 0 Å². The summed E-state index contributed by atoms with van der Waals surface area (Å²) in [6, 6.07) is 10.7. The first-order valence-corrected chi connectivity index (χ1v) is 9.89. The van der Waals surface area contributed by atoms with Crippen LogP contribution in [0.15, 0.2) is 48.8 Å². The van der Waals surface area contributed by atoms with E-state index in [1.165, 1.54) is 12.4 Å². The van der Waals surface area contributed by atoms with Crippen LogP contribution in [0.25, 0.3) is 0 Å². The molecule has 1 aliphatic heterocycles. The molecule has 0 radical (unpaired) electrons. The normalized spacial score (nSPS) is 16.6. The largest absolute Gasteiger partial charge is 0.619 e. The summed E-state index contributed by atoms with van der Waals surface area (Å²) in [7, 11) is 0. The Labute approximate surface area is 169 Å². The number of likely N-dealkylation sites (tertiary alicyclic amines) is 1. The molecule has 1 aromatic carbocycles. The fraction of sp³-hybridized carbons (Fsp3) is 0.381. The number of hydrogen-bond acceptors (Lipinski definition) is 3. The van der Waals surface area contributed by atoms with Crippen LogP contribution in [0.4, 0.5) is 0 Å². The molecule has 0 bridgehead atoms. The number of aromatic nitrogens is 1. The van der Waals surface area contributed by atoms with Crippen LogP contribution in [0.3, 0.4) is 0 Å². The molecule has 0 aliphatic carbocycles. The molecule has 28 heavy (non-hydrogen) atoms. The van der Waals surface area contributed by atoms with Gasteiger partial charge in [-0.15, -0.1) is 0 Å². The average Bonchev–Trinajstić information content (AvgIpc) is 2.71. The van der Waals surface area contributed by atoms with Crippen molar-refractivity contribution in [1.29, 1.82) is 0 Å². The van der Waals surface area contributed by atoms with E-state index in [1.807, 2.05) is 18.2 Å². The Hall–Kier alpha value is -2.60. The fourth-order valence-corrected chi connectivity index (χ4v) is 3.71. The van der Waals surface area contributed by atoms with Crippen LogP contribution in [0.1, 0.15) is 41.6 Å². The molecular formula is C21H24ClN3O3. The first kappa shape index (κ1) is 20.1. The summed E-state index contributed by atoms with van der Waals surface area (Å²) in [4.78, 5) is 26.6. The standard InChI is InChI=1S/C21H24ClN3O3/c22-19-8-2-1-6-17(19)13-23-20(26)10-9-16-5-3-11-24(14-16)21(27)18-7-4-12-25(28)15-18/h1-2,4,6-8,12,15-16H,3,5,9-11,13-14H2,(H,23,26)/t16-/m1/s1. The fourth-order valence-electron chi connectivity index (χ4n) is 3.51. The van der Waals surface area contributed by atoms with Crippen LogP contribution in [-0.4, -0.2) is 29.8 Å². The highest BCUT2D eigenvalue weighted by atomic mass is 35.5. The Morgan fingerprint density at radius 2 is 2.07 bits per heavy atom. The van der Waals surface area contributed by atoms with E-state index in [0.29, 0.717) is 41.4 Å². The zero-order valence-corrected chi connectivity index (χ0v) is 16.4. The summed E-state index contributed by atoms with van der Waals surface area (Å²) in [5, 5.41) is 14.9. The van der Waals surface area contributed by atoms with Crippen molar-refractivity contribution in [3.05, 3.63) is 70.1 Å². The van der Waals surface area contributed by atoms with E-state index >= 15 is 0 Å². The number of carbonyl (C=O) groups is 2. The highest BCUT2D eigenvalue weighted by Gasteiger charge is 2.25. The summed E-state index contributed by atoms with van der Waals surface area (Å²) < 4.78 is 0.637. The minimum atomic E-state index is -0.127. The summed E-state index contributed by atoms with van der Waals surface area (Å²) in [6.45, 7) is 1.71. The zero-order valence-electron chi connectivity index (χ0n) is 15.6. The Bertz CT molecular complexity index is 843. The van der Waals surface area contributed by atoms with E-state index in [-0.39, 0.29) is 17.7 Å². The molecule has 0 spiro atoms. The molecule has 0 saturated carbocycles. The Morgan fingerprint density at radius 1 is 1.25 bits per heavy atom. The molecule has 0 unspecified atom stereocenters. The maximum Gasteiger partial charge on any atom is 0.259 e. The lowest BCUT2D eigenvalue weighted by Crippen LogP contribution is -2.41. The third kappa shape index (κ3) is 5.45. The molecule has 1 fully saturated rings. The molecule has 2 amide bonds. The number of carbonyl (C=O) groups excluding carboxylic acids is 2. The lowest BCUT2D eigenvalue weighted by atomic mass is 9.93. The van der Waals surface area contributed by atoms with Gasteiger partial charge < -0.3 is 15.4 Å². The molecule has 2 aromatic rings. The molecule has 1 N–H and O–H groups in total. The van der Waals surface area contributed by atoms with Crippen LogP contribution in [-0.2, 0) is 11.3 Å². The van der Waals surface area contributed by atoms with E-state index in [4.69, 9.17) is 11.6 Å². The highest BCUT2D eigenvalue weighted by molar-refractivity contribution is 6.31. The second kappa shape index (κ2) is 9.55. The number of nitrogens with one attached hydrogen (secondary N) is 1. The molecule has 1 aromatic heterocycles. The second-order valence-corrected chi connectivity index (χ2v) is 7.53. The van der Waals surface area contributed by atoms with E-state index in [1.54, 1.807) is 23.1 Å². The van der Waals surface area contributed by atoms with Crippen molar-refractivity contribution in [3.8, 4) is 0 Å². The van der Waals surface area contributed by atoms with Crippen LogP contribution in [0.5, 0.6) is 0 Å². The van der Waals surface area contributed by atoms with Crippen molar-refractivity contribution in [2.24, 2.45) is 5.92 Å². The van der Waals surface area contributed by atoms with E-state index < -0.39 is 0 Å². The monoisotopic (exact) mass is 401 g/mol. The molecule has 1 aliphatic rings. The quantitative estimate of drug-likeness (QED) is 0.597. The van der Waals surface area contributed by atoms with Gasteiger partial charge in [0.25, 0.3) is 5.91 Å². The minimum Gasteiger partial charge on any atom is -0.619 e. The topological polar surface area (TPSA) is 76.4 Å². The molecule has 1 atom stereocenters. The van der Waals surface area contributed by atoms with Gasteiger partial charge in [0.05, 0.1) is 0 Å². The first-order valence-electron chi connectivity index (χ1n) is 9.51. The predicted molar refractivity (Wildman–Crippen MR) is 107 cm³/mol. The zero-order chi connectivity index (χ0) is 19.9. The number of rotatable bonds is 6. The molecule has 3 rings (SSSR count). The number of hydrogen-bond donors (Lipinski definition) is 1. The van der Waals surface area contributed by atoms with E-state index in [0.717, 1.165) is 24.8 Å². The summed E-state index contributed by atoms with van der Waals surface area (Å²) >= 11 is 6.10. The van der Waals surface area contributed by atoms with Gasteiger partial charge in [0.2, 0.25) is 5.91 Å². The van der Waals surface area contributed by atoms with Gasteiger partial charge in [-0.2, -0.15) is 4.73 Å². The van der Waals surface area contributed by atoms with Crippen LogP contribution >= 0.6 is 11.6 Å². The molecular weight excluding hydrogens is 378 g/mol. The summed E-state index contributed by atoms with van der Waals surface area (Å²) in [5.74, 6) is 0.142. The Morgan fingerprint density at radius 3 is 2.86 bits per heavy atom. The molecule has 148 valence electrons. The number of pyridine rings is 1. The molecule has 2 heterocycles. The van der Waals surface area contributed by atoms with Crippen molar-refractivity contribution < 1.29 is 14.3 Å². The van der Waals surface area contributed by atoms with Gasteiger partial charge in [-0.05, 0) is 42.9 Å². The SMILES string of the molecule is O=C(CC[C@H]1CCCN(C(=O)c2ccc[n+]([O-])c2)C1)NCc1ccccc1Cl. The number of nitrogens with zero attached hydrogens (tertiary/aromatic N) is 2. The highest BCUT2D eigenvalue weighted by Crippen LogP contribution is 2.22. The van der Waals surface area contributed by atoms with E-state index in [2.05, 4.69) is 5.32 Å².